The molecule has 0 saturated carbocycles. The van der Waals surface area contributed by atoms with Gasteiger partial charge in [0.1, 0.15) is 5.69 Å². The second-order valence-corrected chi connectivity index (χ2v) is 8.03. The van der Waals surface area contributed by atoms with Crippen LogP contribution in [0.1, 0.15) is 20.8 Å². The van der Waals surface area contributed by atoms with E-state index in [9.17, 15) is 18.0 Å². The maximum atomic E-state index is 12.3. The van der Waals surface area contributed by atoms with Crippen LogP contribution in [0, 0.1) is 12.3 Å². The second-order valence-electron chi connectivity index (χ2n) is 6.47. The number of carbonyl (C=O) groups excluding carboxylic acids is 2. The van der Waals surface area contributed by atoms with Gasteiger partial charge in [-0.3, -0.25) is 4.79 Å². The minimum Gasteiger partial charge on any atom is -0.448 e. The Bertz CT molecular complexity index is 1320. The number of nitrogens with two attached hydrogens (primary N) is 3. The van der Waals surface area contributed by atoms with Crippen LogP contribution in [0.2, 0.25) is 0 Å². The Morgan fingerprint density at radius 3 is 2.32 bits per heavy atom. The minimum absolute atomic E-state index is 0.0344. The fourth-order valence-electron chi connectivity index (χ4n) is 3.03. The highest BCUT2D eigenvalue weighted by atomic mass is 32.2. The normalized spacial score (nSPS) is 11.0. The van der Waals surface area contributed by atoms with Gasteiger partial charge in [0.15, 0.2) is 6.61 Å². The first kappa shape index (κ1) is 21.6. The first-order valence-corrected chi connectivity index (χ1v) is 10.3. The van der Waals surface area contributed by atoms with E-state index in [0.717, 1.165) is 0 Å². The van der Waals surface area contributed by atoms with Gasteiger partial charge in [0.05, 0.1) is 16.1 Å². The third-order valence-corrected chi connectivity index (χ3v) is 5.42. The maximum Gasteiger partial charge on any atom is 0.356 e. The van der Waals surface area contributed by atoms with Crippen molar-refractivity contribution in [1.29, 1.82) is 0 Å². The monoisotopic (exact) mass is 438 g/mol. The molecule has 0 saturated heterocycles. The molecule has 0 bridgehead atoms. The Balaban J connectivity index is 2.17. The largest absolute Gasteiger partial charge is 0.448 e. The number of H-pyrrole nitrogens is 1. The third kappa shape index (κ3) is 4.42. The van der Waals surface area contributed by atoms with E-state index >= 15 is 0 Å². The molecule has 9 nitrogen and oxygen atoms in total. The van der Waals surface area contributed by atoms with Crippen LogP contribution in [-0.2, 0) is 14.8 Å². The molecule has 0 fully saturated rings. The fourth-order valence-corrected chi connectivity index (χ4v) is 3.55. The number of aromatic amines is 1. The number of primary sulfonamides is 1. The number of anilines is 1. The van der Waals surface area contributed by atoms with Gasteiger partial charge in [0, 0.05) is 17.3 Å². The number of ether oxygens (including phenoxy) is 1. The Kier molecular flexibility index (Phi) is 5.83. The number of hydrogen-bond acceptors (Lipinski definition) is 6. The van der Waals surface area contributed by atoms with Crippen molar-refractivity contribution >= 4 is 27.6 Å². The smallest absolute Gasteiger partial charge is 0.356 e. The fraction of sp³-hybridized carbons (Fsp3) is 0.0476. The molecule has 3 aromatic rings. The van der Waals surface area contributed by atoms with Crippen LogP contribution in [0.3, 0.4) is 0 Å². The zero-order valence-corrected chi connectivity index (χ0v) is 16.9. The lowest BCUT2D eigenvalue weighted by Crippen LogP contribution is -2.15. The highest BCUT2D eigenvalue weighted by Gasteiger charge is 2.20. The number of aromatic nitrogens is 1. The summed E-state index contributed by atoms with van der Waals surface area (Å²) in [7, 11) is -3.87. The van der Waals surface area contributed by atoms with Crippen molar-refractivity contribution in [3.05, 3.63) is 59.9 Å². The van der Waals surface area contributed by atoms with Crippen molar-refractivity contribution in [3.63, 3.8) is 0 Å². The van der Waals surface area contributed by atoms with Crippen LogP contribution in [0.4, 0.5) is 5.69 Å². The van der Waals surface area contributed by atoms with E-state index in [1.165, 1.54) is 36.5 Å². The molecule has 158 valence electrons. The molecule has 0 aliphatic heterocycles. The molecule has 2 aromatic carbocycles. The number of amides is 1. The Hall–Kier alpha value is -4.07. The number of esters is 1. The molecule has 10 heteroatoms. The summed E-state index contributed by atoms with van der Waals surface area (Å²) in [6, 6.07) is 10.4. The van der Waals surface area contributed by atoms with Gasteiger partial charge in [-0.25, -0.2) is 18.4 Å². The van der Waals surface area contributed by atoms with Gasteiger partial charge in [-0.2, -0.15) is 0 Å². The molecule has 0 unspecified atom stereocenters. The van der Waals surface area contributed by atoms with Crippen molar-refractivity contribution in [2.24, 2.45) is 10.9 Å². The number of primary amides is 1. The van der Waals surface area contributed by atoms with Crippen LogP contribution in [0.25, 0.3) is 22.3 Å². The van der Waals surface area contributed by atoms with Crippen molar-refractivity contribution in [1.82, 2.24) is 4.98 Å². The van der Waals surface area contributed by atoms with Crippen molar-refractivity contribution in [2.75, 3.05) is 12.3 Å². The average molecular weight is 438 g/mol. The summed E-state index contributed by atoms with van der Waals surface area (Å²) in [5.74, 6) is 0.769. The predicted octanol–water partition coefficient (Wildman–Crippen LogP) is 1.47. The number of nitrogens with one attached hydrogen (secondary N) is 1. The van der Waals surface area contributed by atoms with E-state index in [1.807, 2.05) is 0 Å². The third-order valence-electron chi connectivity index (χ3n) is 4.49. The minimum atomic E-state index is -3.87. The number of nitrogen functional groups attached to an aromatic ring is 1. The van der Waals surface area contributed by atoms with Crippen molar-refractivity contribution in [3.8, 4) is 34.6 Å². The van der Waals surface area contributed by atoms with E-state index in [-0.39, 0.29) is 28.4 Å². The molecule has 1 heterocycles. The summed E-state index contributed by atoms with van der Waals surface area (Å²) in [6.07, 6.45) is 6.65. The van der Waals surface area contributed by atoms with Crippen molar-refractivity contribution in [2.45, 2.75) is 4.90 Å². The average Bonchev–Trinajstić information content (AvgIpc) is 3.21. The highest BCUT2D eigenvalue weighted by Crippen LogP contribution is 2.35. The number of hydrogen-bond donors (Lipinski definition) is 4. The summed E-state index contributed by atoms with van der Waals surface area (Å²) >= 11 is 0. The standard InChI is InChI=1S/C21H18N4O5S/c1-2-9-30-21(27)19-15(7-8-25-19)13-10-16(18(22)17(11-13)20(23)26)12-3-5-14(6-4-12)31(24,28)29/h1,3-8,10-11,25H,9,22H2,(H2,23,26)(H2,24,28,29). The zero-order valence-electron chi connectivity index (χ0n) is 16.1. The molecular formula is C21H18N4O5S. The van der Waals surface area contributed by atoms with Gasteiger partial charge in [0.2, 0.25) is 10.0 Å². The van der Waals surface area contributed by atoms with E-state index in [0.29, 0.717) is 22.3 Å². The summed E-state index contributed by atoms with van der Waals surface area (Å²) in [5.41, 5.74) is 13.7. The Labute approximate surface area is 178 Å². The number of carbonyl (C=O) groups is 2. The van der Waals surface area contributed by atoms with Gasteiger partial charge < -0.3 is 21.2 Å². The molecule has 0 radical (unpaired) electrons. The van der Waals surface area contributed by atoms with E-state index in [2.05, 4.69) is 10.9 Å². The number of rotatable bonds is 6. The Morgan fingerprint density at radius 1 is 1.06 bits per heavy atom. The summed E-state index contributed by atoms with van der Waals surface area (Å²) in [6.45, 7) is -0.201. The summed E-state index contributed by atoms with van der Waals surface area (Å²) in [5, 5.41) is 5.13. The number of benzene rings is 2. The van der Waals surface area contributed by atoms with Gasteiger partial charge in [0.25, 0.3) is 5.91 Å². The topological polar surface area (TPSA) is 171 Å². The van der Waals surface area contributed by atoms with Gasteiger partial charge >= 0.3 is 5.97 Å². The van der Waals surface area contributed by atoms with Crippen LogP contribution in [0.5, 0.6) is 0 Å². The van der Waals surface area contributed by atoms with Crippen LogP contribution in [-0.4, -0.2) is 31.9 Å². The van der Waals surface area contributed by atoms with Gasteiger partial charge in [-0.05, 0) is 41.5 Å². The molecule has 7 N–H and O–H groups in total. The number of sulfonamides is 1. The second kappa shape index (κ2) is 8.35. The lowest BCUT2D eigenvalue weighted by molar-refractivity contribution is 0.0551. The predicted molar refractivity (Wildman–Crippen MR) is 115 cm³/mol. The maximum absolute atomic E-state index is 12.3. The van der Waals surface area contributed by atoms with Crippen molar-refractivity contribution < 1.29 is 22.7 Å². The first-order valence-electron chi connectivity index (χ1n) is 8.78. The zero-order chi connectivity index (χ0) is 22.8. The summed E-state index contributed by atoms with van der Waals surface area (Å²) < 4.78 is 28.0. The Morgan fingerprint density at radius 2 is 1.74 bits per heavy atom. The SMILES string of the molecule is C#CCOC(=O)c1[nH]ccc1-c1cc(C(N)=O)c(N)c(-c2ccc(S(N)(=O)=O)cc2)c1. The number of terminal acetylenes is 1. The van der Waals surface area contributed by atoms with Crippen LogP contribution >= 0.6 is 0 Å². The van der Waals surface area contributed by atoms with E-state index < -0.39 is 21.9 Å². The van der Waals surface area contributed by atoms with Gasteiger partial charge in [-0.15, -0.1) is 6.42 Å². The molecule has 0 atom stereocenters. The molecular weight excluding hydrogens is 420 g/mol. The van der Waals surface area contributed by atoms with Crippen LogP contribution < -0.4 is 16.6 Å². The molecule has 0 aliphatic rings. The first-order chi connectivity index (χ1) is 14.6. The summed E-state index contributed by atoms with van der Waals surface area (Å²) in [4.78, 5) is 27.0. The quantitative estimate of drug-likeness (QED) is 0.258. The molecule has 3 rings (SSSR count). The molecule has 1 amide bonds. The van der Waals surface area contributed by atoms with E-state index in [1.54, 1.807) is 12.1 Å². The lowest BCUT2D eigenvalue weighted by Gasteiger charge is -2.14. The molecule has 0 aliphatic carbocycles. The van der Waals surface area contributed by atoms with Crippen LogP contribution in [0.15, 0.2) is 53.6 Å². The van der Waals surface area contributed by atoms with Gasteiger partial charge in [-0.1, -0.05) is 18.1 Å². The lowest BCUT2D eigenvalue weighted by atomic mass is 9.94. The molecule has 31 heavy (non-hydrogen) atoms. The molecule has 1 aromatic heterocycles. The highest BCUT2D eigenvalue weighted by molar-refractivity contribution is 7.89. The molecule has 0 spiro atoms. The van der Waals surface area contributed by atoms with E-state index in [4.69, 9.17) is 27.8 Å².